The van der Waals surface area contributed by atoms with Crippen molar-refractivity contribution in [2.45, 2.75) is 24.2 Å². The fraction of sp³-hybridized carbons (Fsp3) is 0.389. The van der Waals surface area contributed by atoms with Crippen LogP contribution in [0, 0.1) is 0 Å². The normalized spacial score (nSPS) is 15.9. The highest BCUT2D eigenvalue weighted by atomic mass is 19.4. The monoisotopic (exact) mass is 399 g/mol. The predicted octanol–water partition coefficient (Wildman–Crippen LogP) is 1.99. The van der Waals surface area contributed by atoms with Crippen LogP contribution in [0.3, 0.4) is 0 Å². The predicted molar refractivity (Wildman–Crippen MR) is 92.1 cm³/mol. The number of nitrogens with zero attached hydrogens (tertiary/aromatic N) is 2. The summed E-state index contributed by atoms with van der Waals surface area (Å²) in [5.41, 5.74) is -5.13. The Morgan fingerprint density at radius 3 is 2.29 bits per heavy atom. The molecule has 0 saturated carbocycles. The van der Waals surface area contributed by atoms with Crippen molar-refractivity contribution in [3.63, 3.8) is 0 Å². The summed E-state index contributed by atoms with van der Waals surface area (Å²) in [5.74, 6) is -2.22. The lowest BCUT2D eigenvalue weighted by atomic mass is 9.91. The first-order chi connectivity index (χ1) is 13.1. The van der Waals surface area contributed by atoms with E-state index in [1.807, 2.05) is 0 Å². The second-order valence-electron chi connectivity index (χ2n) is 6.17. The molecule has 1 aromatic heterocycles. The number of benzene rings is 1. The minimum absolute atomic E-state index is 0.384. The van der Waals surface area contributed by atoms with Gasteiger partial charge < -0.3 is 19.4 Å². The Morgan fingerprint density at radius 2 is 1.82 bits per heavy atom. The summed E-state index contributed by atoms with van der Waals surface area (Å²) < 4.78 is 52.6. The van der Waals surface area contributed by atoms with Crippen molar-refractivity contribution < 1.29 is 32.2 Å². The van der Waals surface area contributed by atoms with Crippen molar-refractivity contribution in [1.29, 1.82) is 0 Å². The highest BCUT2D eigenvalue weighted by molar-refractivity contribution is 5.88. The van der Waals surface area contributed by atoms with Gasteiger partial charge >= 0.3 is 12.1 Å². The first kappa shape index (κ1) is 21.4. The molecule has 0 unspecified atom stereocenters. The zero-order chi connectivity index (χ0) is 21.0. The van der Waals surface area contributed by atoms with E-state index in [1.165, 1.54) is 48.4 Å². The Bertz CT molecular complexity index is 811. The summed E-state index contributed by atoms with van der Waals surface area (Å²) in [6.07, 6.45) is -0.923. The number of alkyl halides is 3. The van der Waals surface area contributed by atoms with E-state index in [4.69, 9.17) is 9.47 Å². The molecule has 0 bridgehead atoms. The topological polar surface area (TPSA) is 82.5 Å². The minimum Gasteiger partial charge on any atom is -0.467 e. The quantitative estimate of drug-likeness (QED) is 0.720. The van der Waals surface area contributed by atoms with Crippen LogP contribution in [-0.2, 0) is 30.2 Å². The zero-order valence-electron chi connectivity index (χ0n) is 15.5. The second-order valence-corrected chi connectivity index (χ2v) is 6.17. The van der Waals surface area contributed by atoms with Gasteiger partial charge in [0.05, 0.1) is 20.0 Å². The zero-order valence-corrected chi connectivity index (χ0v) is 15.5. The van der Waals surface area contributed by atoms with Gasteiger partial charge in [-0.05, 0) is 6.92 Å². The number of amides is 1. The van der Waals surface area contributed by atoms with Gasteiger partial charge in [-0.2, -0.15) is 13.2 Å². The van der Waals surface area contributed by atoms with Crippen LogP contribution in [0.5, 0.6) is 0 Å². The number of carbonyl (C=O) groups is 2. The standard InChI is InChI=1S/C18H20F3N3O4/c1-16(15(26)27-2,24-10-9-22-12-24)11-23-14(25)17(28-3,18(19,20)21)13-7-5-4-6-8-13/h4-10,12H,11H2,1-3H3,(H,23,25)/t16-,17-/m1/s1. The van der Waals surface area contributed by atoms with Crippen molar-refractivity contribution in [2.24, 2.45) is 0 Å². The number of rotatable bonds is 7. The van der Waals surface area contributed by atoms with E-state index >= 15 is 0 Å². The molecular weight excluding hydrogens is 379 g/mol. The lowest BCUT2D eigenvalue weighted by Gasteiger charge is -2.35. The molecule has 7 nitrogen and oxygen atoms in total. The highest BCUT2D eigenvalue weighted by Crippen LogP contribution is 2.42. The number of hydrogen-bond donors (Lipinski definition) is 1. The Morgan fingerprint density at radius 1 is 1.18 bits per heavy atom. The van der Waals surface area contributed by atoms with E-state index in [1.54, 1.807) is 0 Å². The van der Waals surface area contributed by atoms with Gasteiger partial charge in [-0.3, -0.25) is 4.79 Å². The average molecular weight is 399 g/mol. The van der Waals surface area contributed by atoms with Gasteiger partial charge in [0, 0.05) is 25.1 Å². The van der Waals surface area contributed by atoms with Crippen LogP contribution in [0.25, 0.3) is 0 Å². The fourth-order valence-corrected chi connectivity index (χ4v) is 2.84. The smallest absolute Gasteiger partial charge is 0.430 e. The molecule has 0 spiro atoms. The summed E-state index contributed by atoms with van der Waals surface area (Å²) >= 11 is 0. The maximum Gasteiger partial charge on any atom is 0.430 e. The van der Waals surface area contributed by atoms with Gasteiger partial charge in [-0.25, -0.2) is 9.78 Å². The number of esters is 1. The van der Waals surface area contributed by atoms with E-state index in [9.17, 15) is 22.8 Å². The van der Waals surface area contributed by atoms with E-state index in [0.29, 0.717) is 0 Å². The van der Waals surface area contributed by atoms with Gasteiger partial charge in [-0.15, -0.1) is 0 Å². The molecule has 0 aliphatic rings. The molecule has 0 fully saturated rings. The SMILES string of the molecule is COC(=O)[C@@](C)(CNC(=O)[C@](OC)(c1ccccc1)C(F)(F)F)n1ccnc1. The Labute approximate surface area is 159 Å². The number of nitrogens with one attached hydrogen (secondary N) is 1. The minimum atomic E-state index is -5.05. The molecule has 1 aromatic carbocycles. The van der Waals surface area contributed by atoms with E-state index in [2.05, 4.69) is 10.3 Å². The maximum absolute atomic E-state index is 13.9. The van der Waals surface area contributed by atoms with Crippen molar-refractivity contribution in [3.8, 4) is 0 Å². The molecular formula is C18H20F3N3O4. The highest BCUT2D eigenvalue weighted by Gasteiger charge is 2.62. The molecule has 0 saturated heterocycles. The lowest BCUT2D eigenvalue weighted by Crippen LogP contribution is -2.58. The van der Waals surface area contributed by atoms with Crippen LogP contribution >= 0.6 is 0 Å². The average Bonchev–Trinajstić information content (AvgIpc) is 3.21. The number of halogens is 3. The molecule has 2 aromatic rings. The molecule has 10 heteroatoms. The van der Waals surface area contributed by atoms with E-state index in [-0.39, 0.29) is 5.56 Å². The third kappa shape index (κ3) is 3.59. The number of imidazole rings is 1. The van der Waals surface area contributed by atoms with E-state index < -0.39 is 35.7 Å². The lowest BCUT2D eigenvalue weighted by molar-refractivity contribution is -0.265. The van der Waals surface area contributed by atoms with Gasteiger partial charge in [0.25, 0.3) is 11.5 Å². The molecule has 1 N–H and O–H groups in total. The van der Waals surface area contributed by atoms with Crippen LogP contribution in [0.2, 0.25) is 0 Å². The van der Waals surface area contributed by atoms with Crippen LogP contribution in [-0.4, -0.2) is 48.4 Å². The number of hydrogen-bond acceptors (Lipinski definition) is 5. The molecule has 0 radical (unpaired) electrons. The van der Waals surface area contributed by atoms with Crippen molar-refractivity contribution in [3.05, 3.63) is 54.6 Å². The second kappa shape index (κ2) is 8.01. The van der Waals surface area contributed by atoms with Crippen LogP contribution in [0.1, 0.15) is 12.5 Å². The van der Waals surface area contributed by atoms with Crippen molar-refractivity contribution in [2.75, 3.05) is 20.8 Å². The van der Waals surface area contributed by atoms with Crippen LogP contribution in [0.4, 0.5) is 13.2 Å². The maximum atomic E-state index is 13.9. The summed E-state index contributed by atoms with van der Waals surface area (Å²) in [6, 6.07) is 6.54. The molecule has 1 heterocycles. The number of carbonyl (C=O) groups excluding carboxylic acids is 2. The van der Waals surface area contributed by atoms with Crippen LogP contribution < -0.4 is 5.32 Å². The van der Waals surface area contributed by atoms with Crippen molar-refractivity contribution in [1.82, 2.24) is 14.9 Å². The Hall–Kier alpha value is -2.88. The molecule has 2 rings (SSSR count). The Kier molecular flexibility index (Phi) is 6.13. The fourth-order valence-electron chi connectivity index (χ4n) is 2.84. The van der Waals surface area contributed by atoms with Gasteiger partial charge in [-0.1, -0.05) is 30.3 Å². The van der Waals surface area contributed by atoms with Crippen molar-refractivity contribution >= 4 is 11.9 Å². The molecule has 28 heavy (non-hydrogen) atoms. The van der Waals surface area contributed by atoms with Gasteiger partial charge in [0.15, 0.2) is 5.54 Å². The van der Waals surface area contributed by atoms with Gasteiger partial charge in [0.1, 0.15) is 0 Å². The first-order valence-electron chi connectivity index (χ1n) is 8.16. The number of methoxy groups -OCH3 is 2. The molecule has 2 atom stereocenters. The summed E-state index contributed by atoms with van der Waals surface area (Å²) in [5, 5.41) is 2.19. The molecule has 0 aliphatic carbocycles. The summed E-state index contributed by atoms with van der Waals surface area (Å²) in [6.45, 7) is 0.925. The number of ether oxygens (including phenoxy) is 2. The molecule has 1 amide bonds. The summed E-state index contributed by atoms with van der Waals surface area (Å²) in [4.78, 5) is 28.8. The summed E-state index contributed by atoms with van der Waals surface area (Å²) in [7, 11) is 1.94. The Balaban J connectivity index is 2.40. The van der Waals surface area contributed by atoms with Gasteiger partial charge in [0.2, 0.25) is 0 Å². The molecule has 0 aliphatic heterocycles. The van der Waals surface area contributed by atoms with E-state index in [0.717, 1.165) is 26.4 Å². The van der Waals surface area contributed by atoms with Crippen LogP contribution in [0.15, 0.2) is 49.1 Å². The third-order valence-corrected chi connectivity index (χ3v) is 4.50. The molecule has 152 valence electrons. The third-order valence-electron chi connectivity index (χ3n) is 4.50. The first-order valence-corrected chi connectivity index (χ1v) is 8.16. The largest absolute Gasteiger partial charge is 0.467 e. The number of aromatic nitrogens is 2.